The zero-order chi connectivity index (χ0) is 10.6. The Morgan fingerprint density at radius 2 is 2.14 bits per heavy atom. The van der Waals surface area contributed by atoms with Crippen LogP contribution in [0.5, 0.6) is 0 Å². The molecular formula is C12H20N2. The Bertz CT molecular complexity index is 292. The van der Waals surface area contributed by atoms with Gasteiger partial charge in [-0.25, -0.2) is 0 Å². The second kappa shape index (κ2) is 4.45. The lowest BCUT2D eigenvalue weighted by molar-refractivity contribution is 0.377. The van der Waals surface area contributed by atoms with Crippen LogP contribution in [0.25, 0.3) is 0 Å². The normalized spacial score (nSPS) is 11.4. The van der Waals surface area contributed by atoms with Crippen LogP contribution in [0.3, 0.4) is 0 Å². The van der Waals surface area contributed by atoms with E-state index in [4.69, 9.17) is 0 Å². The number of anilines is 1. The summed E-state index contributed by atoms with van der Waals surface area (Å²) < 4.78 is 0. The molecule has 0 aromatic carbocycles. The predicted octanol–water partition coefficient (Wildman–Crippen LogP) is 3.24. The third kappa shape index (κ3) is 3.02. The lowest BCUT2D eigenvalue weighted by Gasteiger charge is -2.24. The molecule has 1 heterocycles. The van der Waals surface area contributed by atoms with Gasteiger partial charge in [-0.05, 0) is 30.4 Å². The highest BCUT2D eigenvalue weighted by atomic mass is 14.9. The molecule has 1 aromatic heterocycles. The van der Waals surface area contributed by atoms with E-state index in [2.05, 4.69) is 38.0 Å². The lowest BCUT2D eigenvalue weighted by Crippen LogP contribution is -2.22. The van der Waals surface area contributed by atoms with Crippen LogP contribution in [0.4, 0.5) is 5.69 Å². The molecule has 0 amide bonds. The first-order valence-electron chi connectivity index (χ1n) is 5.19. The summed E-state index contributed by atoms with van der Waals surface area (Å²) in [7, 11) is 0. The summed E-state index contributed by atoms with van der Waals surface area (Å²) >= 11 is 0. The minimum Gasteiger partial charge on any atom is -0.384 e. The lowest BCUT2D eigenvalue weighted by atomic mass is 9.90. The highest BCUT2D eigenvalue weighted by Crippen LogP contribution is 2.21. The first kappa shape index (κ1) is 11.0. The van der Waals surface area contributed by atoms with Gasteiger partial charge >= 0.3 is 0 Å². The molecule has 0 saturated carbocycles. The van der Waals surface area contributed by atoms with Crippen LogP contribution in [-0.2, 0) is 0 Å². The third-order valence-electron chi connectivity index (χ3n) is 2.73. The topological polar surface area (TPSA) is 24.9 Å². The highest BCUT2D eigenvalue weighted by molar-refractivity contribution is 5.48. The Morgan fingerprint density at radius 3 is 2.71 bits per heavy atom. The molecule has 78 valence electrons. The fourth-order valence-electron chi connectivity index (χ4n) is 1.13. The molecular weight excluding hydrogens is 172 g/mol. The second-order valence-corrected chi connectivity index (χ2v) is 4.56. The largest absolute Gasteiger partial charge is 0.384 e. The minimum absolute atomic E-state index is 0.357. The average molecular weight is 192 g/mol. The molecule has 0 aliphatic carbocycles. The maximum atomic E-state index is 4.07. The number of hydrogen-bond donors (Lipinski definition) is 1. The summed E-state index contributed by atoms with van der Waals surface area (Å²) in [5, 5.41) is 3.46. The minimum atomic E-state index is 0.357. The smallest absolute Gasteiger partial charge is 0.0400 e. The molecule has 2 heteroatoms. The number of rotatable bonds is 4. The van der Waals surface area contributed by atoms with Gasteiger partial charge in [0.05, 0.1) is 0 Å². The van der Waals surface area contributed by atoms with Crippen LogP contribution < -0.4 is 5.32 Å². The molecule has 14 heavy (non-hydrogen) atoms. The fourth-order valence-corrected chi connectivity index (χ4v) is 1.13. The number of nitrogens with zero attached hydrogens (tertiary/aromatic N) is 1. The molecule has 0 saturated heterocycles. The van der Waals surface area contributed by atoms with E-state index in [0.717, 1.165) is 6.54 Å². The Kier molecular flexibility index (Phi) is 3.50. The van der Waals surface area contributed by atoms with Gasteiger partial charge in [-0.1, -0.05) is 20.8 Å². The summed E-state index contributed by atoms with van der Waals surface area (Å²) in [4.78, 5) is 4.07. The van der Waals surface area contributed by atoms with Crippen LogP contribution >= 0.6 is 0 Å². The van der Waals surface area contributed by atoms with E-state index in [1.54, 1.807) is 0 Å². The van der Waals surface area contributed by atoms with E-state index < -0.39 is 0 Å². The molecule has 1 rings (SSSR count). The van der Waals surface area contributed by atoms with Gasteiger partial charge < -0.3 is 5.32 Å². The van der Waals surface area contributed by atoms with Crippen LogP contribution in [0.1, 0.15) is 32.8 Å². The quantitative estimate of drug-likeness (QED) is 0.792. The molecule has 0 atom stereocenters. The molecule has 1 N–H and O–H groups in total. The summed E-state index contributed by atoms with van der Waals surface area (Å²) in [6.07, 6.45) is 4.90. The fraction of sp³-hybridized carbons (Fsp3) is 0.583. The van der Waals surface area contributed by atoms with Crippen molar-refractivity contribution in [3.8, 4) is 0 Å². The first-order valence-corrected chi connectivity index (χ1v) is 5.19. The van der Waals surface area contributed by atoms with Gasteiger partial charge in [0.2, 0.25) is 0 Å². The average Bonchev–Trinajstić information content (AvgIpc) is 2.17. The van der Waals surface area contributed by atoms with Crippen LogP contribution in [-0.4, -0.2) is 11.5 Å². The van der Waals surface area contributed by atoms with Gasteiger partial charge in [0, 0.05) is 24.6 Å². The molecule has 0 bridgehead atoms. The summed E-state index contributed by atoms with van der Waals surface area (Å²) in [6, 6.07) is 2.03. The third-order valence-corrected chi connectivity index (χ3v) is 2.73. The summed E-state index contributed by atoms with van der Waals surface area (Å²) in [6.45, 7) is 9.86. The van der Waals surface area contributed by atoms with Crippen molar-refractivity contribution < 1.29 is 0 Å². The van der Waals surface area contributed by atoms with Gasteiger partial charge in [-0.15, -0.1) is 0 Å². The summed E-state index contributed by atoms with van der Waals surface area (Å²) in [5.74, 6) is 0. The van der Waals surface area contributed by atoms with E-state index in [9.17, 15) is 0 Å². The van der Waals surface area contributed by atoms with Crippen LogP contribution in [0, 0.1) is 12.3 Å². The number of aromatic nitrogens is 1. The zero-order valence-electron chi connectivity index (χ0n) is 9.59. The van der Waals surface area contributed by atoms with E-state index in [1.807, 2.05) is 18.5 Å². The molecule has 0 fully saturated rings. The van der Waals surface area contributed by atoms with Gasteiger partial charge in [0.15, 0.2) is 0 Å². The van der Waals surface area contributed by atoms with E-state index >= 15 is 0 Å². The van der Waals surface area contributed by atoms with Crippen molar-refractivity contribution in [1.82, 2.24) is 4.98 Å². The van der Waals surface area contributed by atoms with Crippen molar-refractivity contribution in [2.75, 3.05) is 11.9 Å². The summed E-state index contributed by atoms with van der Waals surface area (Å²) in [5.41, 5.74) is 2.76. The molecule has 2 nitrogen and oxygen atoms in total. The predicted molar refractivity (Wildman–Crippen MR) is 61.5 cm³/mol. The Labute approximate surface area is 86.8 Å². The van der Waals surface area contributed by atoms with Crippen LogP contribution in [0.2, 0.25) is 0 Å². The van der Waals surface area contributed by atoms with Crippen molar-refractivity contribution in [3.05, 3.63) is 24.0 Å². The monoisotopic (exact) mass is 192 g/mol. The van der Waals surface area contributed by atoms with Crippen LogP contribution in [0.15, 0.2) is 18.5 Å². The van der Waals surface area contributed by atoms with E-state index in [0.29, 0.717) is 5.41 Å². The molecule has 0 aliphatic rings. The Hall–Kier alpha value is -1.05. The van der Waals surface area contributed by atoms with Crippen molar-refractivity contribution in [1.29, 1.82) is 0 Å². The molecule has 1 aromatic rings. The van der Waals surface area contributed by atoms with Crippen molar-refractivity contribution in [3.63, 3.8) is 0 Å². The van der Waals surface area contributed by atoms with Crippen molar-refractivity contribution in [2.24, 2.45) is 5.41 Å². The SMILES string of the molecule is CCC(C)(C)CNc1ccncc1C. The zero-order valence-corrected chi connectivity index (χ0v) is 9.59. The number of pyridine rings is 1. The van der Waals surface area contributed by atoms with E-state index in [1.165, 1.54) is 17.7 Å². The van der Waals surface area contributed by atoms with Crippen molar-refractivity contribution >= 4 is 5.69 Å². The number of nitrogens with one attached hydrogen (secondary N) is 1. The highest BCUT2D eigenvalue weighted by Gasteiger charge is 2.14. The molecule has 0 spiro atoms. The molecule has 0 radical (unpaired) electrons. The van der Waals surface area contributed by atoms with Gasteiger partial charge in [0.25, 0.3) is 0 Å². The number of hydrogen-bond acceptors (Lipinski definition) is 2. The Morgan fingerprint density at radius 1 is 1.43 bits per heavy atom. The molecule has 0 aliphatic heterocycles. The molecule has 0 unspecified atom stereocenters. The Balaban J connectivity index is 2.58. The van der Waals surface area contributed by atoms with E-state index in [-0.39, 0.29) is 0 Å². The number of aryl methyl sites for hydroxylation is 1. The van der Waals surface area contributed by atoms with Gasteiger partial charge in [0.1, 0.15) is 0 Å². The van der Waals surface area contributed by atoms with Crippen molar-refractivity contribution in [2.45, 2.75) is 34.1 Å². The second-order valence-electron chi connectivity index (χ2n) is 4.56. The van der Waals surface area contributed by atoms with Gasteiger partial charge in [-0.2, -0.15) is 0 Å². The standard InChI is InChI=1S/C12H20N2/c1-5-12(3,4)9-14-11-6-7-13-8-10(11)2/h6-8H,5,9H2,1-4H3,(H,13,14). The van der Waals surface area contributed by atoms with Gasteiger partial charge in [-0.3, -0.25) is 4.98 Å². The maximum Gasteiger partial charge on any atom is 0.0400 e. The first-order chi connectivity index (χ1) is 6.55. The maximum absolute atomic E-state index is 4.07.